The first kappa shape index (κ1) is 19.7. The Morgan fingerprint density at radius 1 is 1.31 bits per heavy atom. The molecule has 2 fully saturated rings. The molecule has 0 bridgehead atoms. The van der Waals surface area contributed by atoms with Gasteiger partial charge in [0, 0.05) is 13.5 Å². The monoisotopic (exact) mass is 405 g/mol. The fourth-order valence-corrected chi connectivity index (χ4v) is 3.58. The molecule has 9 heteroatoms. The van der Waals surface area contributed by atoms with Crippen LogP contribution in [0, 0.1) is 0 Å². The maximum Gasteiger partial charge on any atom is 0.303 e. The van der Waals surface area contributed by atoms with E-state index in [0.29, 0.717) is 24.7 Å². The van der Waals surface area contributed by atoms with Gasteiger partial charge in [-0.1, -0.05) is 6.08 Å². The van der Waals surface area contributed by atoms with Gasteiger partial charge in [-0.05, 0) is 36.3 Å². The molecule has 3 heterocycles. The van der Waals surface area contributed by atoms with Crippen molar-refractivity contribution in [2.75, 3.05) is 20.0 Å². The molecular formula is C20H23NO8. The Kier molecular flexibility index (Phi) is 5.20. The zero-order chi connectivity index (χ0) is 20.6. The Balaban J connectivity index is 1.60. The fraction of sp³-hybridized carbons (Fsp3) is 0.500. The Bertz CT molecular complexity index is 845. The van der Waals surface area contributed by atoms with E-state index < -0.39 is 24.1 Å². The molecule has 29 heavy (non-hydrogen) atoms. The molecule has 0 aliphatic carbocycles. The van der Waals surface area contributed by atoms with Crippen molar-refractivity contribution >= 4 is 18.0 Å². The Labute approximate surface area is 167 Å². The number of nitrogens with zero attached hydrogens (tertiary/aromatic N) is 1. The molecule has 1 aromatic carbocycles. The molecule has 1 amide bonds. The number of hydrogen-bond acceptors (Lipinski definition) is 8. The van der Waals surface area contributed by atoms with Gasteiger partial charge in [-0.15, -0.1) is 0 Å². The highest BCUT2D eigenvalue weighted by Crippen LogP contribution is 2.37. The van der Waals surface area contributed by atoms with Crippen LogP contribution in [-0.4, -0.2) is 60.0 Å². The van der Waals surface area contributed by atoms with Crippen molar-refractivity contribution in [3.05, 3.63) is 29.3 Å². The average molecular weight is 405 g/mol. The number of hydrogen-bond donors (Lipinski definition) is 1. The van der Waals surface area contributed by atoms with E-state index in [1.54, 1.807) is 12.1 Å². The summed E-state index contributed by atoms with van der Waals surface area (Å²) in [6.45, 7) is 4.33. The van der Waals surface area contributed by atoms with Crippen LogP contribution < -0.4 is 9.47 Å². The summed E-state index contributed by atoms with van der Waals surface area (Å²) in [4.78, 5) is 24.9. The van der Waals surface area contributed by atoms with Gasteiger partial charge in [0.05, 0.1) is 19.6 Å². The molecule has 0 unspecified atom stereocenters. The van der Waals surface area contributed by atoms with E-state index in [1.807, 2.05) is 19.1 Å². The summed E-state index contributed by atoms with van der Waals surface area (Å²) in [7, 11) is 0. The molecule has 2 atom stereocenters. The second-order valence-corrected chi connectivity index (χ2v) is 7.24. The highest BCUT2D eigenvalue weighted by Gasteiger charge is 2.41. The maximum atomic E-state index is 12.4. The van der Waals surface area contributed by atoms with Gasteiger partial charge in [-0.3, -0.25) is 9.59 Å². The number of likely N-dealkylation sites (tertiary alicyclic amines) is 1. The van der Waals surface area contributed by atoms with E-state index in [4.69, 9.17) is 23.7 Å². The second-order valence-electron chi connectivity index (χ2n) is 7.24. The van der Waals surface area contributed by atoms with Crippen LogP contribution in [0.3, 0.4) is 0 Å². The molecule has 2 saturated heterocycles. The molecule has 1 aromatic rings. The summed E-state index contributed by atoms with van der Waals surface area (Å²) in [6.07, 6.45) is 1.47. The van der Waals surface area contributed by atoms with Crippen LogP contribution in [0.1, 0.15) is 31.4 Å². The van der Waals surface area contributed by atoms with Gasteiger partial charge in [0.25, 0.3) is 0 Å². The number of carbonyl (C=O) groups excluding carboxylic acids is 2. The van der Waals surface area contributed by atoms with Crippen molar-refractivity contribution in [3.63, 3.8) is 0 Å². The zero-order valence-electron chi connectivity index (χ0n) is 16.3. The third kappa shape index (κ3) is 4.07. The van der Waals surface area contributed by atoms with Crippen LogP contribution in [0.25, 0.3) is 6.08 Å². The van der Waals surface area contributed by atoms with Crippen molar-refractivity contribution in [3.8, 4) is 11.5 Å². The standard InChI is InChI=1S/C20H23NO8/c1-12(22)29-17-9-18(23)21(19(17)24)10-14-8-16-15(25-11-26-16)7-13(14)3-4-20(2)27-5-6-28-20/h3-4,7-8,17,19,24H,5-6,9-11H2,1-2H3/b4-3+/t17-,19-/m0/s1. The largest absolute Gasteiger partial charge is 0.457 e. The van der Waals surface area contributed by atoms with Gasteiger partial charge in [-0.2, -0.15) is 0 Å². The van der Waals surface area contributed by atoms with Gasteiger partial charge in [0.2, 0.25) is 12.7 Å². The third-order valence-electron chi connectivity index (χ3n) is 5.07. The summed E-state index contributed by atoms with van der Waals surface area (Å²) in [5.41, 5.74) is 1.51. The van der Waals surface area contributed by atoms with Gasteiger partial charge < -0.3 is 33.7 Å². The minimum Gasteiger partial charge on any atom is -0.457 e. The summed E-state index contributed by atoms with van der Waals surface area (Å²) in [6, 6.07) is 3.59. The number of benzene rings is 1. The lowest BCUT2D eigenvalue weighted by Crippen LogP contribution is -2.37. The number of rotatable bonds is 5. The highest BCUT2D eigenvalue weighted by atomic mass is 16.7. The van der Waals surface area contributed by atoms with Gasteiger partial charge >= 0.3 is 5.97 Å². The van der Waals surface area contributed by atoms with E-state index >= 15 is 0 Å². The molecular weight excluding hydrogens is 382 g/mol. The molecule has 156 valence electrons. The fourth-order valence-electron chi connectivity index (χ4n) is 3.58. The Morgan fingerprint density at radius 3 is 2.69 bits per heavy atom. The van der Waals surface area contributed by atoms with Crippen LogP contribution in [0.4, 0.5) is 0 Å². The zero-order valence-corrected chi connectivity index (χ0v) is 16.3. The molecule has 0 aromatic heterocycles. The third-order valence-corrected chi connectivity index (χ3v) is 5.07. The second kappa shape index (κ2) is 7.66. The van der Waals surface area contributed by atoms with Crippen LogP contribution in [0.5, 0.6) is 11.5 Å². The predicted octanol–water partition coefficient (Wildman–Crippen LogP) is 1.17. The van der Waals surface area contributed by atoms with E-state index in [0.717, 1.165) is 11.1 Å². The molecule has 1 N–H and O–H groups in total. The van der Waals surface area contributed by atoms with Gasteiger partial charge in [0.15, 0.2) is 29.6 Å². The first-order valence-corrected chi connectivity index (χ1v) is 9.39. The molecule has 3 aliphatic heterocycles. The van der Waals surface area contributed by atoms with Crippen molar-refractivity contribution in [1.82, 2.24) is 4.90 Å². The number of carbonyl (C=O) groups is 2. The van der Waals surface area contributed by atoms with Gasteiger partial charge in [0.1, 0.15) is 0 Å². The molecule has 4 rings (SSSR count). The maximum absolute atomic E-state index is 12.4. The van der Waals surface area contributed by atoms with Crippen LogP contribution in [-0.2, 0) is 30.3 Å². The lowest BCUT2D eigenvalue weighted by atomic mass is 10.0. The topological polar surface area (TPSA) is 104 Å². The lowest BCUT2D eigenvalue weighted by Gasteiger charge is -2.24. The van der Waals surface area contributed by atoms with E-state index in [2.05, 4.69) is 0 Å². The number of fused-ring (bicyclic) bond motifs is 1. The van der Waals surface area contributed by atoms with E-state index in [-0.39, 0.29) is 25.7 Å². The molecule has 3 aliphatic rings. The number of amides is 1. The Hall–Kier alpha value is -2.62. The average Bonchev–Trinajstić information content (AvgIpc) is 3.36. The quantitative estimate of drug-likeness (QED) is 0.729. The number of aliphatic hydroxyl groups is 1. The summed E-state index contributed by atoms with van der Waals surface area (Å²) >= 11 is 0. The van der Waals surface area contributed by atoms with Crippen molar-refractivity contribution in [2.24, 2.45) is 0 Å². The molecule has 0 spiro atoms. The number of aliphatic hydroxyl groups excluding tert-OH is 1. The SMILES string of the molecule is CC(=O)O[C@H]1CC(=O)N(Cc2cc3c(cc2/C=C/C2(C)OCCO2)OCO3)[C@H]1O. The summed E-state index contributed by atoms with van der Waals surface area (Å²) in [5, 5.41) is 10.5. The van der Waals surface area contributed by atoms with Crippen molar-refractivity contribution in [2.45, 2.75) is 44.9 Å². The van der Waals surface area contributed by atoms with Crippen molar-refractivity contribution in [1.29, 1.82) is 0 Å². The molecule has 0 radical (unpaired) electrons. The highest BCUT2D eigenvalue weighted by molar-refractivity contribution is 5.80. The van der Waals surface area contributed by atoms with Gasteiger partial charge in [-0.25, -0.2) is 0 Å². The van der Waals surface area contributed by atoms with E-state index in [9.17, 15) is 14.7 Å². The Morgan fingerprint density at radius 2 is 2.00 bits per heavy atom. The smallest absolute Gasteiger partial charge is 0.303 e. The molecule has 0 saturated carbocycles. The van der Waals surface area contributed by atoms with Crippen LogP contribution >= 0.6 is 0 Å². The number of ether oxygens (including phenoxy) is 5. The minimum atomic E-state index is -1.22. The van der Waals surface area contributed by atoms with Crippen LogP contribution in [0.15, 0.2) is 18.2 Å². The molecule has 9 nitrogen and oxygen atoms in total. The predicted molar refractivity (Wildman–Crippen MR) is 98.6 cm³/mol. The first-order valence-electron chi connectivity index (χ1n) is 9.39. The lowest BCUT2D eigenvalue weighted by molar-refractivity contribution is -0.155. The van der Waals surface area contributed by atoms with Crippen LogP contribution in [0.2, 0.25) is 0 Å². The number of esters is 1. The normalized spacial score (nSPS) is 25.2. The first-order chi connectivity index (χ1) is 13.8. The van der Waals surface area contributed by atoms with E-state index in [1.165, 1.54) is 11.8 Å². The minimum absolute atomic E-state index is 0.0593. The summed E-state index contributed by atoms with van der Waals surface area (Å²) < 4.78 is 27.2. The van der Waals surface area contributed by atoms with Crippen molar-refractivity contribution < 1.29 is 38.4 Å². The summed E-state index contributed by atoms with van der Waals surface area (Å²) in [5.74, 6) is -0.505.